The average Bonchev–Trinajstić information content (AvgIpc) is 3.44. The Hall–Kier alpha value is -4.60. The number of aromatic nitrogens is 3. The molecule has 1 N–H and O–H groups in total. The molecule has 0 radical (unpaired) electrons. The number of nitrogens with zero attached hydrogens (tertiary/aromatic N) is 7. The van der Waals surface area contributed by atoms with Gasteiger partial charge in [-0.05, 0) is 62.1 Å². The van der Waals surface area contributed by atoms with Gasteiger partial charge in [-0.25, -0.2) is 4.98 Å². The molecule has 2 aliphatic rings. The van der Waals surface area contributed by atoms with Crippen LogP contribution in [0.3, 0.4) is 0 Å². The predicted molar refractivity (Wildman–Crippen MR) is 184 cm³/mol. The number of hydrogen-bond acceptors (Lipinski definition) is 8. The molecule has 2 aliphatic heterocycles. The first-order valence-corrected chi connectivity index (χ1v) is 15.9. The first-order valence-electron chi connectivity index (χ1n) is 15.9. The number of piperazine rings is 2. The van der Waals surface area contributed by atoms with E-state index in [-0.39, 0.29) is 0 Å². The Morgan fingerprint density at radius 1 is 0.733 bits per heavy atom. The maximum absolute atomic E-state index is 5.41. The summed E-state index contributed by atoms with van der Waals surface area (Å²) >= 11 is 0. The molecule has 3 aromatic carbocycles. The van der Waals surface area contributed by atoms with Crippen molar-refractivity contribution in [3.8, 4) is 17.0 Å². The zero-order valence-electron chi connectivity index (χ0n) is 26.5. The van der Waals surface area contributed by atoms with Gasteiger partial charge in [0.1, 0.15) is 22.8 Å². The molecule has 0 saturated carbocycles. The first kappa shape index (κ1) is 29.1. The van der Waals surface area contributed by atoms with Gasteiger partial charge in [0.05, 0.1) is 13.7 Å². The van der Waals surface area contributed by atoms with E-state index in [9.17, 15) is 0 Å². The molecule has 0 atom stereocenters. The maximum atomic E-state index is 5.41. The fraction of sp³-hybridized carbons (Fsp3) is 0.333. The monoisotopic (exact) mass is 602 g/mol. The highest BCUT2D eigenvalue weighted by molar-refractivity contribution is 6.01. The van der Waals surface area contributed by atoms with Gasteiger partial charge in [0.25, 0.3) is 0 Å². The number of benzene rings is 3. The second-order valence-electron chi connectivity index (χ2n) is 12.2. The van der Waals surface area contributed by atoms with Crippen LogP contribution in [-0.2, 0) is 6.54 Å². The number of nitrogens with one attached hydrogen (secondary N) is 1. The van der Waals surface area contributed by atoms with Crippen molar-refractivity contribution in [3.63, 3.8) is 0 Å². The number of fused-ring (bicyclic) bond motifs is 1. The van der Waals surface area contributed by atoms with Crippen LogP contribution in [0.25, 0.3) is 22.2 Å². The maximum Gasteiger partial charge on any atom is 0.157 e. The molecule has 7 rings (SSSR count). The van der Waals surface area contributed by atoms with Gasteiger partial charge in [-0.15, -0.1) is 0 Å². The number of ether oxygens (including phenoxy) is 1. The van der Waals surface area contributed by atoms with Crippen LogP contribution < -0.4 is 19.9 Å². The van der Waals surface area contributed by atoms with Gasteiger partial charge < -0.3 is 29.7 Å². The van der Waals surface area contributed by atoms with E-state index >= 15 is 0 Å². The van der Waals surface area contributed by atoms with Crippen molar-refractivity contribution >= 4 is 33.9 Å². The molecular formula is C36H42N8O. The van der Waals surface area contributed by atoms with E-state index in [1.54, 1.807) is 7.11 Å². The van der Waals surface area contributed by atoms with Crippen molar-refractivity contribution in [2.75, 3.05) is 88.7 Å². The molecule has 0 bridgehead atoms. The second kappa shape index (κ2) is 12.8. The third-order valence-electron chi connectivity index (χ3n) is 9.06. The summed E-state index contributed by atoms with van der Waals surface area (Å²) in [6.45, 7) is 8.74. The van der Waals surface area contributed by atoms with E-state index in [0.717, 1.165) is 103 Å². The minimum Gasteiger partial charge on any atom is -0.497 e. The fourth-order valence-corrected chi connectivity index (χ4v) is 6.28. The van der Waals surface area contributed by atoms with Gasteiger partial charge in [0.2, 0.25) is 0 Å². The summed E-state index contributed by atoms with van der Waals surface area (Å²) in [5.74, 6) is 2.64. The Bertz CT molecular complexity index is 1720. The average molecular weight is 603 g/mol. The number of methoxy groups -OCH3 is 1. The van der Waals surface area contributed by atoms with E-state index in [1.807, 2.05) is 12.1 Å². The number of hydrogen-bond donors (Lipinski definition) is 1. The second-order valence-corrected chi connectivity index (χ2v) is 12.2. The standard InChI is InChI=1S/C36H42N8O/c1-40-17-21-42(22-18-40)30-13-11-29(12-14-30)37-33-25-32-34(28-7-5-4-6-8-28)39-44(26-27-9-15-31(45-3)16-10-27)35(32)36(38-33)43-23-19-41(2)20-24-43/h4-16,25H,17-24,26H2,1-3H3,(H,37,38). The van der Waals surface area contributed by atoms with Crippen LogP contribution in [0.2, 0.25) is 0 Å². The summed E-state index contributed by atoms with van der Waals surface area (Å²) in [5.41, 5.74) is 6.56. The van der Waals surface area contributed by atoms with Crippen molar-refractivity contribution in [1.29, 1.82) is 0 Å². The quantitative estimate of drug-likeness (QED) is 0.253. The van der Waals surface area contributed by atoms with Gasteiger partial charge in [0.15, 0.2) is 5.82 Å². The molecule has 5 aromatic rings. The van der Waals surface area contributed by atoms with Gasteiger partial charge in [-0.3, -0.25) is 4.68 Å². The highest BCUT2D eigenvalue weighted by Crippen LogP contribution is 2.37. The van der Waals surface area contributed by atoms with Crippen molar-refractivity contribution in [2.45, 2.75) is 6.54 Å². The number of rotatable bonds is 8. The van der Waals surface area contributed by atoms with Gasteiger partial charge in [0, 0.05) is 74.7 Å². The van der Waals surface area contributed by atoms with Crippen LogP contribution in [0, 0.1) is 0 Å². The number of likely N-dealkylation sites (N-methyl/N-ethyl adjacent to an activating group) is 2. The summed E-state index contributed by atoms with van der Waals surface area (Å²) in [4.78, 5) is 14.9. The highest BCUT2D eigenvalue weighted by atomic mass is 16.5. The lowest BCUT2D eigenvalue weighted by molar-refractivity contribution is 0.312. The summed E-state index contributed by atoms with van der Waals surface area (Å²) < 4.78 is 7.54. The number of pyridine rings is 1. The van der Waals surface area contributed by atoms with Crippen molar-refractivity contribution in [3.05, 3.63) is 90.5 Å². The van der Waals surface area contributed by atoms with Gasteiger partial charge in [-0.1, -0.05) is 42.5 Å². The Kier molecular flexibility index (Phi) is 8.28. The Balaban J connectivity index is 1.29. The van der Waals surface area contributed by atoms with Gasteiger partial charge >= 0.3 is 0 Å². The molecule has 2 saturated heterocycles. The molecule has 9 heteroatoms. The van der Waals surface area contributed by atoms with Crippen LogP contribution in [0.15, 0.2) is 84.9 Å². The summed E-state index contributed by atoms with van der Waals surface area (Å²) in [5, 5.41) is 10.00. The predicted octanol–water partition coefficient (Wildman–Crippen LogP) is 5.40. The summed E-state index contributed by atoms with van der Waals surface area (Å²) in [6.07, 6.45) is 0. The van der Waals surface area contributed by atoms with E-state index in [1.165, 1.54) is 5.69 Å². The molecule has 4 heterocycles. The smallest absolute Gasteiger partial charge is 0.157 e. The lowest BCUT2D eigenvalue weighted by Gasteiger charge is -2.34. The third-order valence-corrected chi connectivity index (χ3v) is 9.06. The normalized spacial score (nSPS) is 16.3. The third kappa shape index (κ3) is 6.32. The highest BCUT2D eigenvalue weighted by Gasteiger charge is 2.24. The van der Waals surface area contributed by atoms with Gasteiger partial charge in [-0.2, -0.15) is 5.10 Å². The van der Waals surface area contributed by atoms with Crippen LogP contribution in [0.5, 0.6) is 5.75 Å². The Morgan fingerprint density at radius 3 is 2.02 bits per heavy atom. The summed E-state index contributed by atoms with van der Waals surface area (Å²) in [6, 6.07) is 29.7. The molecule has 45 heavy (non-hydrogen) atoms. The van der Waals surface area contributed by atoms with Crippen molar-refractivity contribution < 1.29 is 4.74 Å². The van der Waals surface area contributed by atoms with Crippen LogP contribution in [-0.4, -0.2) is 98.1 Å². The molecule has 232 valence electrons. The van der Waals surface area contributed by atoms with Crippen molar-refractivity contribution in [2.24, 2.45) is 0 Å². The molecule has 2 aromatic heterocycles. The molecule has 0 aliphatic carbocycles. The molecular weight excluding hydrogens is 560 g/mol. The SMILES string of the molecule is COc1ccc(Cn2nc(-c3ccccc3)c3cc(Nc4ccc(N5CCN(C)CC5)cc4)nc(N4CCN(C)CC4)c32)cc1. The summed E-state index contributed by atoms with van der Waals surface area (Å²) in [7, 11) is 6.08. The first-order chi connectivity index (χ1) is 22.0. The largest absolute Gasteiger partial charge is 0.497 e. The number of anilines is 4. The van der Waals surface area contributed by atoms with Crippen LogP contribution in [0.1, 0.15) is 5.56 Å². The molecule has 0 amide bonds. The topological polar surface area (TPSA) is 64.9 Å². The van der Waals surface area contributed by atoms with E-state index < -0.39 is 0 Å². The van der Waals surface area contributed by atoms with E-state index in [4.69, 9.17) is 14.8 Å². The Morgan fingerprint density at radius 2 is 1.38 bits per heavy atom. The molecule has 9 nitrogen and oxygen atoms in total. The van der Waals surface area contributed by atoms with Crippen LogP contribution in [0.4, 0.5) is 23.0 Å². The molecule has 2 fully saturated rings. The minimum atomic E-state index is 0.635. The minimum absolute atomic E-state index is 0.635. The molecule has 0 unspecified atom stereocenters. The lowest BCUT2D eigenvalue weighted by atomic mass is 10.1. The van der Waals surface area contributed by atoms with E-state index in [0.29, 0.717) is 6.54 Å². The van der Waals surface area contributed by atoms with E-state index in [2.05, 4.69) is 116 Å². The zero-order chi connectivity index (χ0) is 30.8. The fourth-order valence-electron chi connectivity index (χ4n) is 6.28. The van der Waals surface area contributed by atoms with Crippen LogP contribution >= 0.6 is 0 Å². The zero-order valence-corrected chi connectivity index (χ0v) is 26.5. The Labute approximate surface area is 265 Å². The lowest BCUT2D eigenvalue weighted by Crippen LogP contribution is -2.45. The van der Waals surface area contributed by atoms with Crippen molar-refractivity contribution in [1.82, 2.24) is 24.6 Å². The molecule has 0 spiro atoms.